The summed E-state index contributed by atoms with van der Waals surface area (Å²) in [5.41, 5.74) is 1.39. The van der Waals surface area contributed by atoms with E-state index in [0.717, 1.165) is 5.56 Å². The fourth-order valence-corrected chi connectivity index (χ4v) is 2.15. The SMILES string of the molecule is Cc1cc(Cl)cc(C(=O)NCCn2cnc(C(=O)O)c2)c1. The molecular formula is C14H14ClN3O3. The number of carboxylic acids is 1. The Kier molecular flexibility index (Phi) is 4.59. The normalized spacial score (nSPS) is 10.4. The highest BCUT2D eigenvalue weighted by Gasteiger charge is 2.08. The third-order valence-corrected chi connectivity index (χ3v) is 3.03. The molecule has 1 amide bonds. The highest BCUT2D eigenvalue weighted by Crippen LogP contribution is 2.14. The number of amides is 1. The molecular weight excluding hydrogens is 294 g/mol. The Balaban J connectivity index is 1.90. The van der Waals surface area contributed by atoms with Gasteiger partial charge in [-0.1, -0.05) is 11.6 Å². The van der Waals surface area contributed by atoms with Gasteiger partial charge in [0.15, 0.2) is 5.69 Å². The largest absolute Gasteiger partial charge is 0.476 e. The van der Waals surface area contributed by atoms with E-state index in [0.29, 0.717) is 23.7 Å². The molecule has 0 fully saturated rings. The Labute approximate surface area is 126 Å². The molecule has 1 heterocycles. The summed E-state index contributed by atoms with van der Waals surface area (Å²) in [7, 11) is 0. The number of hydrogen-bond acceptors (Lipinski definition) is 3. The Bertz CT molecular complexity index is 662. The summed E-state index contributed by atoms with van der Waals surface area (Å²) in [6, 6.07) is 5.13. The summed E-state index contributed by atoms with van der Waals surface area (Å²) in [5.74, 6) is -1.30. The Morgan fingerprint density at radius 1 is 1.38 bits per heavy atom. The predicted octanol–water partition coefficient (Wildman–Crippen LogP) is 1.97. The molecule has 0 saturated heterocycles. The van der Waals surface area contributed by atoms with Crippen molar-refractivity contribution in [2.75, 3.05) is 6.54 Å². The fraction of sp³-hybridized carbons (Fsp3) is 0.214. The van der Waals surface area contributed by atoms with Crippen molar-refractivity contribution in [3.63, 3.8) is 0 Å². The van der Waals surface area contributed by atoms with Crippen LogP contribution in [-0.4, -0.2) is 33.1 Å². The minimum absolute atomic E-state index is 0.0215. The molecule has 1 aromatic carbocycles. The van der Waals surface area contributed by atoms with Gasteiger partial charge < -0.3 is 15.0 Å². The van der Waals surface area contributed by atoms with Gasteiger partial charge in [0.2, 0.25) is 0 Å². The molecule has 2 rings (SSSR count). The van der Waals surface area contributed by atoms with Gasteiger partial charge in [-0.05, 0) is 30.7 Å². The maximum atomic E-state index is 12.0. The third-order valence-electron chi connectivity index (χ3n) is 2.81. The molecule has 0 atom stereocenters. The quantitative estimate of drug-likeness (QED) is 0.884. The Morgan fingerprint density at radius 2 is 2.14 bits per heavy atom. The summed E-state index contributed by atoms with van der Waals surface area (Å²) in [4.78, 5) is 26.4. The Morgan fingerprint density at radius 3 is 2.76 bits per heavy atom. The van der Waals surface area contributed by atoms with E-state index in [2.05, 4.69) is 10.3 Å². The van der Waals surface area contributed by atoms with Crippen molar-refractivity contribution in [2.24, 2.45) is 0 Å². The van der Waals surface area contributed by atoms with Gasteiger partial charge in [-0.3, -0.25) is 4.79 Å². The smallest absolute Gasteiger partial charge is 0.356 e. The van der Waals surface area contributed by atoms with Gasteiger partial charge >= 0.3 is 5.97 Å². The minimum atomic E-state index is -1.08. The standard InChI is InChI=1S/C14H14ClN3O3/c1-9-4-10(6-11(15)5-9)13(19)16-2-3-18-7-12(14(20)21)17-8-18/h4-8H,2-3H2,1H3,(H,16,19)(H,20,21). The van der Waals surface area contributed by atoms with Crippen molar-refractivity contribution in [3.8, 4) is 0 Å². The predicted molar refractivity (Wildman–Crippen MR) is 77.7 cm³/mol. The number of nitrogens with one attached hydrogen (secondary N) is 1. The summed E-state index contributed by atoms with van der Waals surface area (Å²) >= 11 is 5.91. The second-order valence-electron chi connectivity index (χ2n) is 4.58. The molecule has 1 aromatic heterocycles. The molecule has 0 aliphatic rings. The van der Waals surface area contributed by atoms with E-state index in [1.54, 1.807) is 22.8 Å². The number of aryl methyl sites for hydroxylation is 1. The number of hydrogen-bond donors (Lipinski definition) is 2. The van der Waals surface area contributed by atoms with Crippen molar-refractivity contribution >= 4 is 23.5 Å². The number of nitrogens with zero attached hydrogens (tertiary/aromatic N) is 2. The first kappa shape index (κ1) is 15.1. The van der Waals surface area contributed by atoms with Crippen LogP contribution in [0.15, 0.2) is 30.7 Å². The van der Waals surface area contributed by atoms with Crippen LogP contribution in [0.1, 0.15) is 26.4 Å². The van der Waals surface area contributed by atoms with E-state index < -0.39 is 5.97 Å². The van der Waals surface area contributed by atoms with Crippen molar-refractivity contribution in [1.29, 1.82) is 0 Å². The summed E-state index contributed by atoms with van der Waals surface area (Å²) in [5, 5.41) is 12.0. The van der Waals surface area contributed by atoms with Crippen LogP contribution in [0.5, 0.6) is 0 Å². The highest BCUT2D eigenvalue weighted by atomic mass is 35.5. The molecule has 0 spiro atoms. The van der Waals surface area contributed by atoms with Gasteiger partial charge in [-0.25, -0.2) is 9.78 Å². The molecule has 0 bridgehead atoms. The second-order valence-corrected chi connectivity index (χ2v) is 5.01. The van der Waals surface area contributed by atoms with E-state index in [1.165, 1.54) is 12.5 Å². The number of benzene rings is 1. The molecule has 0 aliphatic carbocycles. The molecule has 110 valence electrons. The van der Waals surface area contributed by atoms with Gasteiger partial charge in [0.05, 0.1) is 6.33 Å². The number of aromatic carboxylic acids is 1. The number of carbonyl (C=O) groups excluding carboxylic acids is 1. The number of carboxylic acid groups (broad SMARTS) is 1. The number of halogens is 1. The summed E-state index contributed by atoms with van der Waals surface area (Å²) in [6.45, 7) is 2.66. The van der Waals surface area contributed by atoms with Crippen LogP contribution in [0.25, 0.3) is 0 Å². The minimum Gasteiger partial charge on any atom is -0.476 e. The third kappa shape index (κ3) is 4.06. The zero-order valence-electron chi connectivity index (χ0n) is 11.3. The van der Waals surface area contributed by atoms with Crippen LogP contribution in [0, 0.1) is 6.92 Å². The fourth-order valence-electron chi connectivity index (χ4n) is 1.86. The molecule has 0 aliphatic heterocycles. The van der Waals surface area contributed by atoms with E-state index >= 15 is 0 Å². The van der Waals surface area contributed by atoms with E-state index in [-0.39, 0.29) is 11.6 Å². The van der Waals surface area contributed by atoms with Gasteiger partial charge in [-0.2, -0.15) is 0 Å². The lowest BCUT2D eigenvalue weighted by atomic mass is 10.1. The topological polar surface area (TPSA) is 84.2 Å². The van der Waals surface area contributed by atoms with Crippen molar-refractivity contribution < 1.29 is 14.7 Å². The van der Waals surface area contributed by atoms with Crippen molar-refractivity contribution in [1.82, 2.24) is 14.9 Å². The van der Waals surface area contributed by atoms with E-state index in [1.807, 2.05) is 6.92 Å². The maximum Gasteiger partial charge on any atom is 0.356 e. The van der Waals surface area contributed by atoms with E-state index in [9.17, 15) is 9.59 Å². The summed E-state index contributed by atoms with van der Waals surface area (Å²) < 4.78 is 1.60. The van der Waals surface area contributed by atoms with Crippen LogP contribution in [-0.2, 0) is 6.54 Å². The zero-order chi connectivity index (χ0) is 15.4. The first-order valence-corrected chi connectivity index (χ1v) is 6.64. The van der Waals surface area contributed by atoms with Crippen LogP contribution >= 0.6 is 11.6 Å². The first-order chi connectivity index (χ1) is 9.95. The lowest BCUT2D eigenvalue weighted by Gasteiger charge is -2.07. The van der Waals surface area contributed by atoms with Gasteiger partial charge in [0.1, 0.15) is 0 Å². The molecule has 2 N–H and O–H groups in total. The number of rotatable bonds is 5. The average Bonchev–Trinajstić information content (AvgIpc) is 2.86. The highest BCUT2D eigenvalue weighted by molar-refractivity contribution is 6.31. The molecule has 2 aromatic rings. The zero-order valence-corrected chi connectivity index (χ0v) is 12.1. The number of carbonyl (C=O) groups is 2. The maximum absolute atomic E-state index is 12.0. The first-order valence-electron chi connectivity index (χ1n) is 6.26. The second kappa shape index (κ2) is 6.41. The van der Waals surface area contributed by atoms with E-state index in [4.69, 9.17) is 16.7 Å². The molecule has 7 heteroatoms. The van der Waals surface area contributed by atoms with Crippen LogP contribution in [0.4, 0.5) is 0 Å². The Hall–Kier alpha value is -2.34. The lowest BCUT2D eigenvalue weighted by Crippen LogP contribution is -2.27. The van der Waals surface area contributed by atoms with Crippen LogP contribution in [0.3, 0.4) is 0 Å². The van der Waals surface area contributed by atoms with Crippen molar-refractivity contribution in [2.45, 2.75) is 13.5 Å². The van der Waals surface area contributed by atoms with Crippen LogP contribution < -0.4 is 5.32 Å². The molecule has 6 nitrogen and oxygen atoms in total. The van der Waals surface area contributed by atoms with Gasteiger partial charge in [-0.15, -0.1) is 0 Å². The molecule has 0 saturated carbocycles. The van der Waals surface area contributed by atoms with Gasteiger partial charge in [0, 0.05) is 29.9 Å². The van der Waals surface area contributed by atoms with Gasteiger partial charge in [0.25, 0.3) is 5.91 Å². The monoisotopic (exact) mass is 307 g/mol. The lowest BCUT2D eigenvalue weighted by molar-refractivity contribution is 0.0690. The van der Waals surface area contributed by atoms with Crippen LogP contribution in [0.2, 0.25) is 5.02 Å². The summed E-state index contributed by atoms with van der Waals surface area (Å²) in [6.07, 6.45) is 2.83. The molecule has 0 unspecified atom stereocenters. The molecule has 21 heavy (non-hydrogen) atoms. The number of aromatic nitrogens is 2. The number of imidazole rings is 1. The molecule has 0 radical (unpaired) electrons. The average molecular weight is 308 g/mol. The van der Waals surface area contributed by atoms with Crippen molar-refractivity contribution in [3.05, 3.63) is 52.6 Å².